The van der Waals surface area contributed by atoms with Crippen LogP contribution < -0.4 is 23.7 Å². The van der Waals surface area contributed by atoms with Crippen molar-refractivity contribution in [1.29, 1.82) is 0 Å². The van der Waals surface area contributed by atoms with Crippen molar-refractivity contribution in [1.82, 2.24) is 0 Å². The van der Waals surface area contributed by atoms with Crippen molar-refractivity contribution >= 4 is 5.97 Å². The highest BCUT2D eigenvalue weighted by Crippen LogP contribution is 2.57. The predicted molar refractivity (Wildman–Crippen MR) is 112 cm³/mol. The number of hydrogen-bond donors (Lipinski definition) is 0. The highest BCUT2D eigenvalue weighted by molar-refractivity contribution is 5.90. The summed E-state index contributed by atoms with van der Waals surface area (Å²) in [5, 5.41) is 0. The summed E-state index contributed by atoms with van der Waals surface area (Å²) in [5.74, 6) is 0.971. The number of hydrogen-bond acceptors (Lipinski definition) is 6. The van der Waals surface area contributed by atoms with Crippen molar-refractivity contribution in [3.8, 4) is 39.9 Å². The van der Waals surface area contributed by atoms with Gasteiger partial charge < -0.3 is 23.7 Å². The molecule has 0 aliphatic carbocycles. The van der Waals surface area contributed by atoms with Crippen LogP contribution in [0.2, 0.25) is 0 Å². The largest absolute Gasteiger partial charge is 0.489 e. The van der Waals surface area contributed by atoms with Crippen LogP contribution in [0, 0.1) is 0 Å². The van der Waals surface area contributed by atoms with E-state index in [4.69, 9.17) is 23.7 Å². The number of esters is 1. The number of rotatable bonds is 11. The van der Waals surface area contributed by atoms with Gasteiger partial charge in [0, 0.05) is 6.08 Å². The van der Waals surface area contributed by atoms with Crippen LogP contribution in [0.15, 0.2) is 43.0 Å². The third kappa shape index (κ3) is 5.02. The molecule has 0 radical (unpaired) electrons. The van der Waals surface area contributed by atoms with E-state index in [0.29, 0.717) is 49.2 Å². The van der Waals surface area contributed by atoms with Crippen LogP contribution in [0.3, 0.4) is 0 Å². The Morgan fingerprint density at radius 2 is 1.21 bits per heavy atom. The van der Waals surface area contributed by atoms with Gasteiger partial charge in [0.25, 0.3) is 0 Å². The lowest BCUT2D eigenvalue weighted by Crippen LogP contribution is -2.11. The second-order valence-corrected chi connectivity index (χ2v) is 5.74. The molecule has 6 nitrogen and oxygen atoms in total. The minimum atomic E-state index is -0.627. The molecular weight excluding hydrogens is 372 g/mol. The zero-order chi connectivity index (χ0) is 21.2. The predicted octanol–water partition coefficient (Wildman–Crippen LogP) is 5.04. The molecule has 0 saturated heterocycles. The number of benzene rings is 2. The van der Waals surface area contributed by atoms with E-state index in [-0.39, 0.29) is 11.5 Å². The van der Waals surface area contributed by atoms with Crippen LogP contribution in [0.25, 0.3) is 11.1 Å². The summed E-state index contributed by atoms with van der Waals surface area (Å²) in [5.41, 5.74) is 1.47. The summed E-state index contributed by atoms with van der Waals surface area (Å²) in [6, 6.07) is 9.59. The highest BCUT2D eigenvalue weighted by atomic mass is 16.6. The van der Waals surface area contributed by atoms with Gasteiger partial charge in [0.2, 0.25) is 17.2 Å². The summed E-state index contributed by atoms with van der Waals surface area (Å²) in [6.07, 6.45) is 1.09. The van der Waals surface area contributed by atoms with Crippen molar-refractivity contribution in [3.05, 3.63) is 43.0 Å². The van der Waals surface area contributed by atoms with E-state index >= 15 is 0 Å². The summed E-state index contributed by atoms with van der Waals surface area (Å²) >= 11 is 0. The molecule has 0 fully saturated rings. The maximum Gasteiger partial charge on any atom is 0.335 e. The molecular formula is C23H28O6. The van der Waals surface area contributed by atoms with Gasteiger partial charge in [-0.3, -0.25) is 0 Å². The first-order chi connectivity index (χ1) is 14.1. The van der Waals surface area contributed by atoms with Crippen molar-refractivity contribution in [2.75, 3.05) is 26.4 Å². The summed E-state index contributed by atoms with van der Waals surface area (Å²) < 4.78 is 29.2. The molecule has 6 heteroatoms. The normalized spacial score (nSPS) is 10.2. The molecule has 0 atom stereocenters. The summed E-state index contributed by atoms with van der Waals surface area (Å²) in [4.78, 5) is 12.1. The Morgan fingerprint density at radius 3 is 1.69 bits per heavy atom. The fourth-order valence-corrected chi connectivity index (χ4v) is 2.86. The van der Waals surface area contributed by atoms with E-state index in [1.54, 1.807) is 0 Å². The monoisotopic (exact) mass is 400 g/mol. The van der Waals surface area contributed by atoms with Crippen molar-refractivity contribution < 1.29 is 28.5 Å². The molecule has 156 valence electrons. The number of carbonyl (C=O) groups is 1. The van der Waals surface area contributed by atoms with Gasteiger partial charge in [-0.2, -0.15) is 0 Å². The Kier molecular flexibility index (Phi) is 8.40. The lowest BCUT2D eigenvalue weighted by molar-refractivity contribution is -0.129. The molecule has 0 saturated carbocycles. The zero-order valence-corrected chi connectivity index (χ0v) is 17.4. The summed E-state index contributed by atoms with van der Waals surface area (Å²) in [7, 11) is 0. The average molecular weight is 400 g/mol. The maximum atomic E-state index is 12.1. The Labute approximate surface area is 172 Å². The zero-order valence-electron chi connectivity index (χ0n) is 17.4. The van der Waals surface area contributed by atoms with E-state index in [9.17, 15) is 4.79 Å². The SMILES string of the molecule is C=CC(=O)Oc1c(OCC)c(OCC)c(OCC)c(-c2ccccc2)c1OCC. The van der Waals surface area contributed by atoms with Gasteiger partial charge >= 0.3 is 5.97 Å². The molecule has 29 heavy (non-hydrogen) atoms. The molecule has 0 amide bonds. The van der Waals surface area contributed by atoms with Crippen LogP contribution in [0.5, 0.6) is 28.7 Å². The fraction of sp³-hybridized carbons (Fsp3) is 0.348. The Bertz CT molecular complexity index is 829. The van der Waals surface area contributed by atoms with Crippen LogP contribution in [0.4, 0.5) is 0 Å². The van der Waals surface area contributed by atoms with Crippen LogP contribution in [-0.4, -0.2) is 32.4 Å². The smallest absolute Gasteiger partial charge is 0.335 e. The molecule has 2 aromatic rings. The second-order valence-electron chi connectivity index (χ2n) is 5.74. The van der Waals surface area contributed by atoms with Gasteiger partial charge in [-0.1, -0.05) is 36.9 Å². The topological polar surface area (TPSA) is 63.2 Å². The van der Waals surface area contributed by atoms with E-state index in [1.165, 1.54) is 0 Å². The minimum Gasteiger partial charge on any atom is -0.489 e. The van der Waals surface area contributed by atoms with Crippen molar-refractivity contribution in [3.63, 3.8) is 0 Å². The minimum absolute atomic E-state index is 0.143. The van der Waals surface area contributed by atoms with Crippen LogP contribution in [-0.2, 0) is 4.79 Å². The van der Waals surface area contributed by atoms with E-state index in [1.807, 2.05) is 58.0 Å². The molecule has 0 bridgehead atoms. The molecule has 0 heterocycles. The molecule has 0 unspecified atom stereocenters. The first kappa shape index (κ1) is 22.1. The van der Waals surface area contributed by atoms with Gasteiger partial charge in [-0.25, -0.2) is 4.79 Å². The van der Waals surface area contributed by atoms with Crippen molar-refractivity contribution in [2.24, 2.45) is 0 Å². The van der Waals surface area contributed by atoms with Gasteiger partial charge in [0.15, 0.2) is 11.5 Å². The summed E-state index contributed by atoms with van der Waals surface area (Å²) in [6.45, 7) is 12.4. The average Bonchev–Trinajstić information content (AvgIpc) is 2.74. The number of ether oxygens (including phenoxy) is 5. The van der Waals surface area contributed by atoms with Gasteiger partial charge in [0.05, 0.1) is 32.0 Å². The second kappa shape index (κ2) is 11.0. The third-order valence-electron chi connectivity index (χ3n) is 3.87. The molecule has 2 rings (SSSR count). The third-order valence-corrected chi connectivity index (χ3v) is 3.87. The lowest BCUT2D eigenvalue weighted by atomic mass is 10.0. The van der Waals surface area contributed by atoms with Gasteiger partial charge in [-0.15, -0.1) is 0 Å². The van der Waals surface area contributed by atoms with Crippen molar-refractivity contribution in [2.45, 2.75) is 27.7 Å². The maximum absolute atomic E-state index is 12.1. The van der Waals surface area contributed by atoms with E-state index in [2.05, 4.69) is 6.58 Å². The Morgan fingerprint density at radius 1 is 0.759 bits per heavy atom. The first-order valence-electron chi connectivity index (χ1n) is 9.77. The lowest BCUT2D eigenvalue weighted by Gasteiger charge is -2.24. The molecule has 0 aromatic heterocycles. The molecule has 0 aliphatic rings. The van der Waals surface area contributed by atoms with Gasteiger partial charge in [-0.05, 0) is 33.3 Å². The molecule has 0 aliphatic heterocycles. The highest BCUT2D eigenvalue weighted by Gasteiger charge is 2.31. The van der Waals surface area contributed by atoms with Crippen LogP contribution >= 0.6 is 0 Å². The van der Waals surface area contributed by atoms with Gasteiger partial charge in [0.1, 0.15) is 0 Å². The molecule has 2 aromatic carbocycles. The Balaban J connectivity index is 2.97. The number of carbonyl (C=O) groups excluding carboxylic acids is 1. The van der Waals surface area contributed by atoms with E-state index < -0.39 is 5.97 Å². The molecule has 0 N–H and O–H groups in total. The fourth-order valence-electron chi connectivity index (χ4n) is 2.86. The Hall–Kier alpha value is -3.15. The van der Waals surface area contributed by atoms with E-state index in [0.717, 1.165) is 11.6 Å². The van der Waals surface area contributed by atoms with Crippen LogP contribution in [0.1, 0.15) is 27.7 Å². The standard InChI is InChI=1S/C23H28O6/c1-6-17(24)29-23-20(26-8-3)18(16-14-12-11-13-15-16)19(25-7-2)21(27-9-4)22(23)28-10-5/h6,11-15H,1,7-10H2,2-5H3. The quantitative estimate of drug-likeness (QED) is 0.299. The first-order valence-corrected chi connectivity index (χ1v) is 9.77. The molecule has 0 spiro atoms.